The van der Waals surface area contributed by atoms with Crippen LogP contribution < -0.4 is 0 Å². The van der Waals surface area contributed by atoms with Crippen LogP contribution in [0.3, 0.4) is 0 Å². The summed E-state index contributed by atoms with van der Waals surface area (Å²) in [6, 6.07) is 20.0. The summed E-state index contributed by atoms with van der Waals surface area (Å²) in [5, 5.41) is 0. The van der Waals surface area contributed by atoms with Crippen LogP contribution in [0.4, 0.5) is 0 Å². The monoisotopic (exact) mass is 542 g/mol. The van der Waals surface area contributed by atoms with Gasteiger partial charge in [-0.3, -0.25) is 9.59 Å². The summed E-state index contributed by atoms with van der Waals surface area (Å²) in [7, 11) is 0. The number of rotatable bonds is 6. The minimum atomic E-state index is -0.421. The van der Waals surface area contributed by atoms with Crippen molar-refractivity contribution < 1.29 is 14.3 Å². The maximum Gasteiger partial charge on any atom is 0.306 e. The lowest BCUT2D eigenvalue weighted by atomic mass is 9.65. The van der Waals surface area contributed by atoms with E-state index in [-0.39, 0.29) is 17.3 Å². The Bertz CT molecular complexity index is 1220. The van der Waals surface area contributed by atoms with E-state index >= 15 is 0 Å². The largest absolute Gasteiger partial charge is 0.460 e. The van der Waals surface area contributed by atoms with E-state index in [0.717, 1.165) is 63.7 Å². The van der Waals surface area contributed by atoms with Crippen molar-refractivity contribution in [3.63, 3.8) is 0 Å². The van der Waals surface area contributed by atoms with Gasteiger partial charge in [-0.15, -0.1) is 0 Å². The van der Waals surface area contributed by atoms with E-state index in [1.54, 1.807) is 5.56 Å². The van der Waals surface area contributed by atoms with Crippen LogP contribution in [0.2, 0.25) is 0 Å². The molecule has 5 heteroatoms. The molecule has 3 aliphatic heterocycles. The highest BCUT2D eigenvalue weighted by Gasteiger charge is 2.59. The van der Waals surface area contributed by atoms with Crippen molar-refractivity contribution in [2.45, 2.75) is 102 Å². The highest BCUT2D eigenvalue weighted by atomic mass is 16.6. The second-order valence-corrected chi connectivity index (χ2v) is 13.8. The van der Waals surface area contributed by atoms with Crippen LogP contribution in [0.1, 0.15) is 93.6 Å². The lowest BCUT2D eigenvalue weighted by molar-refractivity contribution is -0.154. The number of amides is 1. The van der Waals surface area contributed by atoms with Gasteiger partial charge in [-0.05, 0) is 120 Å². The predicted molar refractivity (Wildman–Crippen MR) is 158 cm³/mol. The number of nitrogens with zero attached hydrogens (tertiary/aromatic N) is 2. The zero-order valence-corrected chi connectivity index (χ0v) is 24.6. The molecule has 1 spiro atoms. The van der Waals surface area contributed by atoms with Crippen molar-refractivity contribution in [1.29, 1.82) is 0 Å². The predicted octanol–water partition coefficient (Wildman–Crippen LogP) is 6.40. The van der Waals surface area contributed by atoms with Crippen molar-refractivity contribution in [3.05, 3.63) is 71.3 Å². The first kappa shape index (κ1) is 27.5. The van der Waals surface area contributed by atoms with E-state index < -0.39 is 5.60 Å². The van der Waals surface area contributed by atoms with E-state index in [1.165, 1.54) is 18.4 Å². The Kier molecular flexibility index (Phi) is 7.54. The molecule has 5 nitrogen and oxygen atoms in total. The third-order valence-corrected chi connectivity index (χ3v) is 10.3. The normalized spacial score (nSPS) is 29.6. The first-order valence-electron chi connectivity index (χ1n) is 15.7. The quantitative estimate of drug-likeness (QED) is 0.313. The Labute approximate surface area is 240 Å². The van der Waals surface area contributed by atoms with Crippen LogP contribution >= 0.6 is 0 Å². The van der Waals surface area contributed by atoms with E-state index in [1.807, 2.05) is 51.1 Å². The highest BCUT2D eigenvalue weighted by molar-refractivity contribution is 5.94. The molecule has 1 saturated carbocycles. The van der Waals surface area contributed by atoms with Gasteiger partial charge in [0.25, 0.3) is 5.91 Å². The molecule has 0 N–H and O–H groups in total. The fraction of sp³-hybridized carbons (Fsp3) is 0.600. The molecule has 0 radical (unpaired) electrons. The fourth-order valence-corrected chi connectivity index (χ4v) is 8.78. The van der Waals surface area contributed by atoms with Gasteiger partial charge >= 0.3 is 5.97 Å². The summed E-state index contributed by atoms with van der Waals surface area (Å²) < 4.78 is 5.54. The van der Waals surface area contributed by atoms with Crippen LogP contribution in [-0.4, -0.2) is 59.0 Å². The van der Waals surface area contributed by atoms with Gasteiger partial charge in [0.05, 0.1) is 0 Å². The molecule has 7 rings (SSSR count). The molecule has 5 aliphatic rings. The first-order valence-corrected chi connectivity index (χ1v) is 15.7. The zero-order valence-electron chi connectivity index (χ0n) is 24.6. The second kappa shape index (κ2) is 11.0. The Morgan fingerprint density at radius 3 is 2.52 bits per heavy atom. The number of likely N-dealkylation sites (tertiary alicyclic amines) is 1. The van der Waals surface area contributed by atoms with Gasteiger partial charge in [0.15, 0.2) is 0 Å². The molecule has 40 heavy (non-hydrogen) atoms. The summed E-state index contributed by atoms with van der Waals surface area (Å²) in [4.78, 5) is 31.2. The van der Waals surface area contributed by atoms with Gasteiger partial charge in [0.1, 0.15) is 5.60 Å². The number of esters is 1. The van der Waals surface area contributed by atoms with Crippen molar-refractivity contribution in [1.82, 2.24) is 9.80 Å². The summed E-state index contributed by atoms with van der Waals surface area (Å²) in [6.07, 6.45) is 9.26. The SMILES string of the molecule is CC(C)(C)OC(=O)CCCCN1CCC23CC[C@@H]4CN(C(=O)c5ccccc5)C(CCC1Cc1ccccc12)C43. The molecule has 214 valence electrons. The van der Waals surface area contributed by atoms with Crippen LogP contribution in [0.25, 0.3) is 0 Å². The van der Waals surface area contributed by atoms with Crippen molar-refractivity contribution >= 4 is 11.9 Å². The standard InChI is InChI=1S/C35H46N2O3/c1-34(2,3)40-31(38)15-9-10-21-36-22-20-35-19-18-27-24-37(33(39)25-11-5-4-6-12-25)30(32(27)35)17-16-28(36)23-26-13-7-8-14-29(26)35/h4-8,11-14,27-28,30,32H,9-10,15-24H2,1-3H3/t27-,28?,30?,32?,35?/m1/s1. The van der Waals surface area contributed by atoms with Gasteiger partial charge < -0.3 is 14.5 Å². The van der Waals surface area contributed by atoms with E-state index in [2.05, 4.69) is 34.1 Å². The van der Waals surface area contributed by atoms with E-state index in [0.29, 0.717) is 30.3 Å². The molecule has 1 amide bonds. The van der Waals surface area contributed by atoms with Crippen LogP contribution in [0.5, 0.6) is 0 Å². The summed E-state index contributed by atoms with van der Waals surface area (Å²) in [6.45, 7) is 8.84. The third-order valence-electron chi connectivity index (χ3n) is 10.3. The summed E-state index contributed by atoms with van der Waals surface area (Å²) in [5.41, 5.74) is 3.65. The van der Waals surface area contributed by atoms with E-state index in [9.17, 15) is 9.59 Å². The molecule has 2 saturated heterocycles. The summed E-state index contributed by atoms with van der Waals surface area (Å²) >= 11 is 0. The van der Waals surface area contributed by atoms with E-state index in [4.69, 9.17) is 4.74 Å². The highest BCUT2D eigenvalue weighted by Crippen LogP contribution is 2.59. The van der Waals surface area contributed by atoms with Crippen molar-refractivity contribution in [3.8, 4) is 0 Å². The average Bonchev–Trinajstić information content (AvgIpc) is 3.49. The van der Waals surface area contributed by atoms with Gasteiger partial charge in [-0.1, -0.05) is 42.5 Å². The summed E-state index contributed by atoms with van der Waals surface area (Å²) in [5.74, 6) is 1.25. The van der Waals surface area contributed by atoms with Crippen molar-refractivity contribution in [2.24, 2.45) is 11.8 Å². The molecule has 0 aromatic heterocycles. The maximum absolute atomic E-state index is 13.9. The molecule has 2 bridgehead atoms. The number of fused-ring (bicyclic) bond motifs is 3. The Balaban J connectivity index is 1.26. The number of ether oxygens (including phenoxy) is 1. The molecular weight excluding hydrogens is 496 g/mol. The molecule has 3 heterocycles. The van der Waals surface area contributed by atoms with Gasteiger partial charge in [0.2, 0.25) is 0 Å². The number of unbranched alkanes of at least 4 members (excludes halogenated alkanes) is 1. The minimum Gasteiger partial charge on any atom is -0.460 e. The molecular formula is C35H46N2O3. The second-order valence-electron chi connectivity index (χ2n) is 13.8. The van der Waals surface area contributed by atoms with Crippen LogP contribution in [0.15, 0.2) is 54.6 Å². The molecule has 2 aliphatic carbocycles. The number of carbonyl (C=O) groups excluding carboxylic acids is 2. The molecule has 2 aromatic rings. The number of hydrogen-bond donors (Lipinski definition) is 0. The number of hydrogen-bond acceptors (Lipinski definition) is 4. The van der Waals surface area contributed by atoms with Crippen molar-refractivity contribution in [2.75, 3.05) is 19.6 Å². The van der Waals surface area contributed by atoms with Crippen LogP contribution in [0, 0.1) is 11.8 Å². The Morgan fingerprint density at radius 1 is 0.950 bits per heavy atom. The molecule has 2 aromatic carbocycles. The minimum absolute atomic E-state index is 0.0875. The average molecular weight is 543 g/mol. The van der Waals surface area contributed by atoms with Gasteiger partial charge in [-0.25, -0.2) is 0 Å². The number of carbonyl (C=O) groups is 2. The molecule has 3 fully saturated rings. The maximum atomic E-state index is 13.9. The zero-order chi connectivity index (χ0) is 27.9. The fourth-order valence-electron chi connectivity index (χ4n) is 8.78. The third kappa shape index (κ3) is 5.22. The topological polar surface area (TPSA) is 49.9 Å². The Hall–Kier alpha value is -2.66. The van der Waals surface area contributed by atoms with Gasteiger partial charge in [-0.2, -0.15) is 0 Å². The molecule has 5 atom stereocenters. The number of benzene rings is 2. The van der Waals surface area contributed by atoms with Crippen LogP contribution in [-0.2, 0) is 21.4 Å². The first-order chi connectivity index (χ1) is 19.2. The lowest BCUT2D eigenvalue weighted by Gasteiger charge is -2.43. The smallest absolute Gasteiger partial charge is 0.306 e. The van der Waals surface area contributed by atoms with Gasteiger partial charge in [0, 0.05) is 36.0 Å². The molecule has 4 unspecified atom stereocenters. The Morgan fingerprint density at radius 2 is 1.73 bits per heavy atom. The lowest BCUT2D eigenvalue weighted by Crippen LogP contribution is -2.46.